The molecular weight excluding hydrogens is 284 g/mol. The van der Waals surface area contributed by atoms with Crippen LogP contribution in [0, 0.1) is 0 Å². The lowest BCUT2D eigenvalue weighted by atomic mass is 9.96. The Labute approximate surface area is 130 Å². The lowest BCUT2D eigenvalue weighted by Crippen LogP contribution is -2.50. The van der Waals surface area contributed by atoms with E-state index in [-0.39, 0.29) is 12.1 Å². The van der Waals surface area contributed by atoms with E-state index in [1.165, 1.54) is 0 Å². The SMILES string of the molecule is CC(C)NC(C)(CO)CC(C)Sc1nc2ccccc2o1. The highest BCUT2D eigenvalue weighted by molar-refractivity contribution is 7.99. The minimum atomic E-state index is -0.285. The molecule has 0 saturated heterocycles. The van der Waals surface area contributed by atoms with Crippen molar-refractivity contribution in [3.05, 3.63) is 24.3 Å². The van der Waals surface area contributed by atoms with Crippen molar-refractivity contribution in [2.75, 3.05) is 6.61 Å². The standard InChI is InChI=1S/C16H24N2O2S/c1-11(2)18-16(4,10-19)9-12(3)21-15-17-13-7-5-6-8-14(13)20-15/h5-8,11-12,18-19H,9-10H2,1-4H3. The van der Waals surface area contributed by atoms with Gasteiger partial charge in [0.2, 0.25) is 0 Å². The molecular formula is C16H24N2O2S. The zero-order valence-electron chi connectivity index (χ0n) is 13.1. The zero-order valence-corrected chi connectivity index (χ0v) is 13.9. The lowest BCUT2D eigenvalue weighted by molar-refractivity contribution is 0.157. The van der Waals surface area contributed by atoms with E-state index in [1.54, 1.807) is 11.8 Å². The predicted octanol–water partition coefficient (Wildman–Crippen LogP) is 3.45. The Morgan fingerprint density at radius 1 is 1.33 bits per heavy atom. The Bertz CT molecular complexity index is 551. The first kappa shape index (κ1) is 16.3. The summed E-state index contributed by atoms with van der Waals surface area (Å²) in [5, 5.41) is 14.1. The number of aliphatic hydroxyl groups excluding tert-OH is 1. The summed E-state index contributed by atoms with van der Waals surface area (Å²) < 4.78 is 5.74. The van der Waals surface area contributed by atoms with Gasteiger partial charge in [-0.3, -0.25) is 0 Å². The highest BCUT2D eigenvalue weighted by Gasteiger charge is 2.27. The van der Waals surface area contributed by atoms with Gasteiger partial charge in [-0.15, -0.1) is 0 Å². The number of rotatable bonds is 7. The third-order valence-corrected chi connectivity index (χ3v) is 4.25. The number of benzene rings is 1. The molecule has 0 amide bonds. The zero-order chi connectivity index (χ0) is 15.5. The van der Waals surface area contributed by atoms with Crippen molar-refractivity contribution >= 4 is 22.9 Å². The summed E-state index contributed by atoms with van der Waals surface area (Å²) in [6, 6.07) is 8.11. The van der Waals surface area contributed by atoms with Crippen molar-refractivity contribution in [2.24, 2.45) is 0 Å². The highest BCUT2D eigenvalue weighted by Crippen LogP contribution is 2.30. The molecule has 2 aromatic rings. The summed E-state index contributed by atoms with van der Waals surface area (Å²) >= 11 is 1.61. The fourth-order valence-electron chi connectivity index (χ4n) is 2.62. The van der Waals surface area contributed by atoms with E-state index in [4.69, 9.17) is 4.42 Å². The molecule has 2 atom stereocenters. The highest BCUT2D eigenvalue weighted by atomic mass is 32.2. The number of fused-ring (bicyclic) bond motifs is 1. The van der Waals surface area contributed by atoms with Crippen LogP contribution in [-0.4, -0.2) is 33.5 Å². The minimum Gasteiger partial charge on any atom is -0.431 e. The van der Waals surface area contributed by atoms with Crippen LogP contribution in [0.25, 0.3) is 11.1 Å². The third kappa shape index (κ3) is 4.46. The van der Waals surface area contributed by atoms with Gasteiger partial charge < -0.3 is 14.8 Å². The normalized spacial score (nSPS) is 16.3. The number of oxazole rings is 1. The van der Waals surface area contributed by atoms with E-state index in [0.717, 1.165) is 17.5 Å². The summed E-state index contributed by atoms with van der Waals surface area (Å²) in [5.74, 6) is 0. The van der Waals surface area contributed by atoms with E-state index < -0.39 is 0 Å². The smallest absolute Gasteiger partial charge is 0.256 e. The van der Waals surface area contributed by atoms with Gasteiger partial charge >= 0.3 is 0 Å². The number of hydrogen-bond acceptors (Lipinski definition) is 5. The monoisotopic (exact) mass is 308 g/mol. The molecule has 0 aliphatic heterocycles. The van der Waals surface area contributed by atoms with E-state index in [9.17, 15) is 5.11 Å². The van der Waals surface area contributed by atoms with Gasteiger partial charge in [0, 0.05) is 16.8 Å². The molecule has 0 aliphatic rings. The first-order valence-corrected chi connectivity index (χ1v) is 8.20. The number of thioether (sulfide) groups is 1. The van der Waals surface area contributed by atoms with E-state index in [0.29, 0.717) is 16.5 Å². The molecule has 2 unspecified atom stereocenters. The molecule has 0 radical (unpaired) electrons. The van der Waals surface area contributed by atoms with Crippen LogP contribution in [0.3, 0.4) is 0 Å². The van der Waals surface area contributed by atoms with Crippen LogP contribution in [0.1, 0.15) is 34.1 Å². The van der Waals surface area contributed by atoms with Crippen LogP contribution in [0.15, 0.2) is 33.9 Å². The molecule has 2 rings (SSSR count). The first-order chi connectivity index (χ1) is 9.92. The molecule has 4 nitrogen and oxygen atoms in total. The molecule has 0 saturated carbocycles. The van der Waals surface area contributed by atoms with Crippen LogP contribution in [-0.2, 0) is 0 Å². The molecule has 0 spiro atoms. The second-order valence-electron chi connectivity index (χ2n) is 6.10. The number of nitrogens with zero attached hydrogens (tertiary/aromatic N) is 1. The van der Waals surface area contributed by atoms with E-state index in [1.807, 2.05) is 24.3 Å². The van der Waals surface area contributed by atoms with Gasteiger partial charge in [0.1, 0.15) is 5.52 Å². The molecule has 0 fully saturated rings. The number of para-hydroxylation sites is 2. The number of aromatic nitrogens is 1. The number of nitrogens with one attached hydrogen (secondary N) is 1. The third-order valence-electron chi connectivity index (χ3n) is 3.30. The molecule has 116 valence electrons. The van der Waals surface area contributed by atoms with Crippen molar-refractivity contribution in [1.82, 2.24) is 10.3 Å². The average molecular weight is 308 g/mol. The van der Waals surface area contributed by atoms with Gasteiger partial charge in [-0.2, -0.15) is 0 Å². The summed E-state index contributed by atoms with van der Waals surface area (Å²) in [4.78, 5) is 4.48. The number of hydrogen-bond donors (Lipinski definition) is 2. The van der Waals surface area contributed by atoms with Crippen LogP contribution >= 0.6 is 11.8 Å². The maximum absolute atomic E-state index is 9.65. The second kappa shape index (κ2) is 6.81. The lowest BCUT2D eigenvalue weighted by Gasteiger charge is -2.33. The molecule has 0 aliphatic carbocycles. The van der Waals surface area contributed by atoms with Crippen molar-refractivity contribution in [2.45, 2.75) is 56.2 Å². The topological polar surface area (TPSA) is 58.3 Å². The Morgan fingerprint density at radius 3 is 2.67 bits per heavy atom. The fraction of sp³-hybridized carbons (Fsp3) is 0.562. The van der Waals surface area contributed by atoms with Gasteiger partial charge in [0.15, 0.2) is 5.58 Å². The molecule has 5 heteroatoms. The summed E-state index contributed by atoms with van der Waals surface area (Å²) in [6.45, 7) is 8.48. The van der Waals surface area contributed by atoms with Gasteiger partial charge in [0.25, 0.3) is 5.22 Å². The summed E-state index contributed by atoms with van der Waals surface area (Å²) in [7, 11) is 0. The van der Waals surface area contributed by atoms with Crippen molar-refractivity contribution in [3.63, 3.8) is 0 Å². The molecule has 1 heterocycles. The second-order valence-corrected chi connectivity index (χ2v) is 7.49. The van der Waals surface area contributed by atoms with Gasteiger partial charge in [-0.05, 0) is 25.5 Å². The minimum absolute atomic E-state index is 0.115. The van der Waals surface area contributed by atoms with Crippen LogP contribution in [0.5, 0.6) is 0 Å². The molecule has 0 bridgehead atoms. The maximum atomic E-state index is 9.65. The predicted molar refractivity (Wildman–Crippen MR) is 87.7 cm³/mol. The molecule has 1 aromatic carbocycles. The summed E-state index contributed by atoms with van der Waals surface area (Å²) in [5.41, 5.74) is 1.42. The maximum Gasteiger partial charge on any atom is 0.256 e. The van der Waals surface area contributed by atoms with Gasteiger partial charge in [-0.1, -0.05) is 44.7 Å². The van der Waals surface area contributed by atoms with Crippen molar-refractivity contribution in [1.29, 1.82) is 0 Å². The largest absolute Gasteiger partial charge is 0.431 e. The van der Waals surface area contributed by atoms with Crippen molar-refractivity contribution < 1.29 is 9.52 Å². The Morgan fingerprint density at radius 2 is 2.05 bits per heavy atom. The number of aliphatic hydroxyl groups is 1. The van der Waals surface area contributed by atoms with Gasteiger partial charge in [0.05, 0.1) is 6.61 Å². The van der Waals surface area contributed by atoms with Crippen molar-refractivity contribution in [3.8, 4) is 0 Å². The molecule has 2 N–H and O–H groups in total. The first-order valence-electron chi connectivity index (χ1n) is 7.32. The van der Waals surface area contributed by atoms with E-state index in [2.05, 4.69) is 38.0 Å². The van der Waals surface area contributed by atoms with Gasteiger partial charge in [-0.25, -0.2) is 4.98 Å². The van der Waals surface area contributed by atoms with Crippen LogP contribution < -0.4 is 5.32 Å². The van der Waals surface area contributed by atoms with Crippen LogP contribution in [0.2, 0.25) is 0 Å². The molecule has 21 heavy (non-hydrogen) atoms. The average Bonchev–Trinajstić information content (AvgIpc) is 2.79. The summed E-state index contributed by atoms with van der Waals surface area (Å²) in [6.07, 6.45) is 0.838. The Kier molecular flexibility index (Phi) is 5.30. The Hall–Kier alpha value is -1.04. The molecule has 1 aromatic heterocycles. The van der Waals surface area contributed by atoms with Crippen LogP contribution in [0.4, 0.5) is 0 Å². The Balaban J connectivity index is 2.01. The quantitative estimate of drug-likeness (QED) is 0.767. The fourth-order valence-corrected chi connectivity index (χ4v) is 3.70. The van der Waals surface area contributed by atoms with E-state index >= 15 is 0 Å².